The van der Waals surface area contributed by atoms with E-state index in [-0.39, 0.29) is 12.1 Å². The van der Waals surface area contributed by atoms with Crippen molar-refractivity contribution in [2.45, 2.75) is 96.5 Å². The first-order valence-corrected chi connectivity index (χ1v) is 10.1. The molecular formula is C21H38O5. The highest BCUT2D eigenvalue weighted by atomic mass is 16.7. The maximum atomic E-state index is 11.4. The van der Waals surface area contributed by atoms with Gasteiger partial charge in [-0.15, -0.1) is 0 Å². The minimum absolute atomic E-state index is 0.126. The SMILES string of the molecule is CCCCCCCC(/C=C/CCCCCCCC(=O)OC)OC(=O)OC. The second kappa shape index (κ2) is 18.3. The zero-order chi connectivity index (χ0) is 19.5. The Morgan fingerprint density at radius 2 is 1.50 bits per heavy atom. The normalized spacial score (nSPS) is 12.1. The summed E-state index contributed by atoms with van der Waals surface area (Å²) in [6.45, 7) is 2.20. The molecule has 0 fully saturated rings. The van der Waals surface area contributed by atoms with Crippen LogP contribution in [0.5, 0.6) is 0 Å². The van der Waals surface area contributed by atoms with Crippen LogP contribution >= 0.6 is 0 Å². The highest BCUT2D eigenvalue weighted by Gasteiger charge is 2.11. The van der Waals surface area contributed by atoms with Crippen LogP contribution < -0.4 is 0 Å². The Hall–Kier alpha value is -1.52. The molecule has 0 aliphatic heterocycles. The molecule has 0 aliphatic carbocycles. The van der Waals surface area contributed by atoms with E-state index in [4.69, 9.17) is 4.74 Å². The molecule has 5 heteroatoms. The van der Waals surface area contributed by atoms with Gasteiger partial charge >= 0.3 is 12.1 Å². The monoisotopic (exact) mass is 370 g/mol. The molecule has 0 N–H and O–H groups in total. The summed E-state index contributed by atoms with van der Waals surface area (Å²) in [7, 11) is 2.77. The molecule has 0 aromatic heterocycles. The Bertz CT molecular complexity index is 379. The molecule has 26 heavy (non-hydrogen) atoms. The van der Waals surface area contributed by atoms with Gasteiger partial charge in [0, 0.05) is 6.42 Å². The number of carbonyl (C=O) groups is 2. The smallest absolute Gasteiger partial charge is 0.469 e. The lowest BCUT2D eigenvalue weighted by molar-refractivity contribution is -0.140. The van der Waals surface area contributed by atoms with E-state index in [0.29, 0.717) is 6.42 Å². The Morgan fingerprint density at radius 1 is 0.846 bits per heavy atom. The van der Waals surface area contributed by atoms with Gasteiger partial charge in [-0.25, -0.2) is 4.79 Å². The topological polar surface area (TPSA) is 61.8 Å². The fraction of sp³-hybridized carbons (Fsp3) is 0.810. The van der Waals surface area contributed by atoms with Crippen molar-refractivity contribution >= 4 is 12.1 Å². The number of hydrogen-bond acceptors (Lipinski definition) is 5. The molecule has 0 saturated heterocycles. The summed E-state index contributed by atoms with van der Waals surface area (Å²) in [6, 6.07) is 0. The maximum absolute atomic E-state index is 11.4. The fourth-order valence-electron chi connectivity index (χ4n) is 2.73. The minimum atomic E-state index is -0.612. The van der Waals surface area contributed by atoms with Gasteiger partial charge in [-0.1, -0.05) is 57.9 Å². The number of ether oxygens (including phenoxy) is 3. The number of rotatable bonds is 16. The molecule has 0 amide bonds. The first-order chi connectivity index (χ1) is 12.6. The first kappa shape index (κ1) is 24.5. The lowest BCUT2D eigenvalue weighted by Crippen LogP contribution is -2.16. The summed E-state index contributed by atoms with van der Waals surface area (Å²) in [5, 5.41) is 0. The quantitative estimate of drug-likeness (QED) is 0.191. The van der Waals surface area contributed by atoms with E-state index in [1.165, 1.54) is 39.9 Å². The third kappa shape index (κ3) is 16.0. The lowest BCUT2D eigenvalue weighted by atomic mass is 10.1. The summed E-state index contributed by atoms with van der Waals surface area (Å²) in [5.74, 6) is -0.126. The molecule has 1 unspecified atom stereocenters. The molecule has 0 aromatic rings. The van der Waals surface area contributed by atoms with E-state index >= 15 is 0 Å². The van der Waals surface area contributed by atoms with Gasteiger partial charge in [0.05, 0.1) is 14.2 Å². The summed E-state index contributed by atoms with van der Waals surface area (Å²) >= 11 is 0. The molecule has 0 spiro atoms. The van der Waals surface area contributed by atoms with Crippen molar-refractivity contribution in [3.8, 4) is 0 Å². The fourth-order valence-corrected chi connectivity index (χ4v) is 2.73. The van der Waals surface area contributed by atoms with E-state index < -0.39 is 6.16 Å². The van der Waals surface area contributed by atoms with Crippen molar-refractivity contribution in [2.24, 2.45) is 0 Å². The van der Waals surface area contributed by atoms with Crippen molar-refractivity contribution in [3.63, 3.8) is 0 Å². The van der Waals surface area contributed by atoms with Crippen LogP contribution in [0.3, 0.4) is 0 Å². The van der Waals surface area contributed by atoms with Gasteiger partial charge in [0.25, 0.3) is 0 Å². The molecule has 0 bridgehead atoms. The van der Waals surface area contributed by atoms with E-state index in [2.05, 4.69) is 22.5 Å². The van der Waals surface area contributed by atoms with E-state index in [1.807, 2.05) is 6.08 Å². The van der Waals surface area contributed by atoms with E-state index in [0.717, 1.165) is 51.4 Å². The number of allylic oxidation sites excluding steroid dienone is 1. The number of hydrogen-bond donors (Lipinski definition) is 0. The van der Waals surface area contributed by atoms with Crippen molar-refractivity contribution < 1.29 is 23.8 Å². The number of carbonyl (C=O) groups excluding carboxylic acids is 2. The Balaban J connectivity index is 3.86. The van der Waals surface area contributed by atoms with Gasteiger partial charge in [-0.3, -0.25) is 4.79 Å². The van der Waals surface area contributed by atoms with Crippen LogP contribution in [0.4, 0.5) is 4.79 Å². The van der Waals surface area contributed by atoms with E-state index in [1.54, 1.807) is 0 Å². The average molecular weight is 371 g/mol. The molecule has 0 radical (unpaired) electrons. The zero-order valence-corrected chi connectivity index (χ0v) is 17.0. The third-order valence-corrected chi connectivity index (χ3v) is 4.34. The van der Waals surface area contributed by atoms with Crippen molar-refractivity contribution in [3.05, 3.63) is 12.2 Å². The largest absolute Gasteiger partial charge is 0.508 e. The number of unbranched alkanes of at least 4 members (excludes halogenated alkanes) is 9. The van der Waals surface area contributed by atoms with Crippen molar-refractivity contribution in [2.75, 3.05) is 14.2 Å². The first-order valence-electron chi connectivity index (χ1n) is 10.1. The number of methoxy groups -OCH3 is 2. The van der Waals surface area contributed by atoms with Crippen LogP contribution in [0.1, 0.15) is 90.4 Å². The van der Waals surface area contributed by atoms with Crippen LogP contribution in [-0.2, 0) is 19.0 Å². The van der Waals surface area contributed by atoms with Crippen LogP contribution in [0.15, 0.2) is 12.2 Å². The summed E-state index contributed by atoms with van der Waals surface area (Å²) in [6.07, 6.45) is 16.9. The number of esters is 1. The third-order valence-electron chi connectivity index (χ3n) is 4.34. The zero-order valence-electron chi connectivity index (χ0n) is 17.0. The molecule has 1 atom stereocenters. The molecule has 5 nitrogen and oxygen atoms in total. The summed E-state index contributed by atoms with van der Waals surface area (Å²) in [4.78, 5) is 22.3. The molecule has 0 saturated carbocycles. The second-order valence-electron chi connectivity index (χ2n) is 6.62. The van der Waals surface area contributed by atoms with Gasteiger partial charge in [0.2, 0.25) is 0 Å². The van der Waals surface area contributed by atoms with Gasteiger partial charge in [0.1, 0.15) is 6.10 Å². The van der Waals surface area contributed by atoms with Crippen LogP contribution in [-0.4, -0.2) is 32.4 Å². The van der Waals surface area contributed by atoms with Gasteiger partial charge in [-0.2, -0.15) is 0 Å². The molecular weight excluding hydrogens is 332 g/mol. The Labute approximate surface area is 159 Å². The van der Waals surface area contributed by atoms with Crippen molar-refractivity contribution in [1.29, 1.82) is 0 Å². The van der Waals surface area contributed by atoms with Gasteiger partial charge in [0.15, 0.2) is 0 Å². The average Bonchev–Trinajstić information content (AvgIpc) is 2.65. The predicted octanol–water partition coefficient (Wildman–Crippen LogP) is 5.96. The molecule has 0 heterocycles. The van der Waals surface area contributed by atoms with Crippen LogP contribution in [0, 0.1) is 0 Å². The van der Waals surface area contributed by atoms with Crippen molar-refractivity contribution in [1.82, 2.24) is 0 Å². The van der Waals surface area contributed by atoms with Crippen LogP contribution in [0.2, 0.25) is 0 Å². The molecule has 0 rings (SSSR count). The van der Waals surface area contributed by atoms with Gasteiger partial charge in [-0.05, 0) is 38.2 Å². The Morgan fingerprint density at radius 3 is 2.19 bits per heavy atom. The van der Waals surface area contributed by atoms with E-state index in [9.17, 15) is 9.59 Å². The molecule has 0 aliphatic rings. The highest BCUT2D eigenvalue weighted by molar-refractivity contribution is 5.68. The highest BCUT2D eigenvalue weighted by Crippen LogP contribution is 2.13. The lowest BCUT2D eigenvalue weighted by Gasteiger charge is -2.13. The second-order valence-corrected chi connectivity index (χ2v) is 6.62. The standard InChI is InChI=1S/C21H38O5/c1-4-5-6-10-13-16-19(26-21(23)25-3)17-14-11-8-7-9-12-15-18-20(22)24-2/h14,17,19H,4-13,15-16,18H2,1-3H3/b17-14+. The molecule has 0 aromatic carbocycles. The predicted molar refractivity (Wildman–Crippen MR) is 104 cm³/mol. The van der Waals surface area contributed by atoms with Crippen LogP contribution in [0.25, 0.3) is 0 Å². The molecule has 152 valence electrons. The minimum Gasteiger partial charge on any atom is -0.469 e. The Kier molecular flexibility index (Phi) is 17.2. The maximum Gasteiger partial charge on any atom is 0.508 e. The summed E-state index contributed by atoms with van der Waals surface area (Å²) in [5.41, 5.74) is 0. The van der Waals surface area contributed by atoms with Gasteiger partial charge < -0.3 is 14.2 Å². The summed E-state index contributed by atoms with van der Waals surface area (Å²) < 4.78 is 14.5.